The Labute approximate surface area is 122 Å². The highest BCUT2D eigenvalue weighted by molar-refractivity contribution is 5.98. The van der Waals surface area contributed by atoms with Crippen LogP contribution >= 0.6 is 0 Å². The Morgan fingerprint density at radius 2 is 1.76 bits per heavy atom. The molecular weight excluding hydrogens is 264 g/mol. The van der Waals surface area contributed by atoms with E-state index in [9.17, 15) is 4.79 Å². The van der Waals surface area contributed by atoms with E-state index in [2.05, 4.69) is 4.98 Å². The molecule has 104 valence electrons. The van der Waals surface area contributed by atoms with E-state index in [0.717, 1.165) is 11.3 Å². The molecule has 0 saturated heterocycles. The number of hydrogen-bond donors (Lipinski definition) is 0. The molecule has 0 unspecified atom stereocenters. The van der Waals surface area contributed by atoms with Crippen molar-refractivity contribution in [1.29, 1.82) is 0 Å². The van der Waals surface area contributed by atoms with Crippen LogP contribution in [0.5, 0.6) is 5.75 Å². The van der Waals surface area contributed by atoms with Gasteiger partial charge in [-0.25, -0.2) is 4.98 Å². The van der Waals surface area contributed by atoms with Crippen LogP contribution in [-0.4, -0.2) is 22.6 Å². The number of carbonyl (C=O) groups excluding carboxylic acids is 1. The maximum absolute atomic E-state index is 12.6. The first kappa shape index (κ1) is 13.1. The SMILES string of the molecule is COc1ccc(C(=O)n2ccnc2-c2ccccc2)cc1. The third-order valence-corrected chi connectivity index (χ3v) is 3.23. The van der Waals surface area contributed by atoms with Crippen LogP contribution in [0.4, 0.5) is 0 Å². The van der Waals surface area contributed by atoms with Gasteiger partial charge in [0.05, 0.1) is 7.11 Å². The second-order valence-corrected chi connectivity index (χ2v) is 4.52. The van der Waals surface area contributed by atoms with E-state index >= 15 is 0 Å². The second-order valence-electron chi connectivity index (χ2n) is 4.52. The number of nitrogens with zero attached hydrogens (tertiary/aromatic N) is 2. The molecule has 2 aromatic carbocycles. The summed E-state index contributed by atoms with van der Waals surface area (Å²) >= 11 is 0. The lowest BCUT2D eigenvalue weighted by Crippen LogP contribution is -2.12. The van der Waals surface area contributed by atoms with Crippen LogP contribution in [0.25, 0.3) is 11.4 Å². The van der Waals surface area contributed by atoms with Gasteiger partial charge in [0, 0.05) is 23.5 Å². The van der Waals surface area contributed by atoms with Gasteiger partial charge < -0.3 is 4.74 Å². The van der Waals surface area contributed by atoms with Crippen LogP contribution in [0, 0.1) is 0 Å². The maximum Gasteiger partial charge on any atom is 0.263 e. The number of methoxy groups -OCH3 is 1. The molecule has 0 bridgehead atoms. The van der Waals surface area contributed by atoms with E-state index in [1.54, 1.807) is 48.3 Å². The van der Waals surface area contributed by atoms with E-state index in [4.69, 9.17) is 4.74 Å². The molecule has 0 fully saturated rings. The fourth-order valence-electron chi connectivity index (χ4n) is 2.14. The number of benzene rings is 2. The van der Waals surface area contributed by atoms with E-state index in [1.165, 1.54) is 0 Å². The Morgan fingerprint density at radius 3 is 2.43 bits per heavy atom. The predicted octanol–water partition coefficient (Wildman–Crippen LogP) is 3.25. The van der Waals surface area contributed by atoms with Gasteiger partial charge in [-0.05, 0) is 24.3 Å². The molecule has 4 heteroatoms. The monoisotopic (exact) mass is 278 g/mol. The fraction of sp³-hybridized carbons (Fsp3) is 0.0588. The molecule has 0 spiro atoms. The van der Waals surface area contributed by atoms with E-state index in [-0.39, 0.29) is 5.91 Å². The third kappa shape index (κ3) is 2.56. The summed E-state index contributed by atoms with van der Waals surface area (Å²) in [6.07, 6.45) is 3.30. The van der Waals surface area contributed by atoms with Crippen molar-refractivity contribution < 1.29 is 9.53 Å². The van der Waals surface area contributed by atoms with Crippen molar-refractivity contribution in [2.75, 3.05) is 7.11 Å². The minimum Gasteiger partial charge on any atom is -0.497 e. The summed E-state index contributed by atoms with van der Waals surface area (Å²) in [5.41, 5.74) is 1.50. The van der Waals surface area contributed by atoms with Gasteiger partial charge in [0.2, 0.25) is 0 Å². The molecule has 0 aliphatic rings. The lowest BCUT2D eigenvalue weighted by Gasteiger charge is -2.07. The predicted molar refractivity (Wildman–Crippen MR) is 80.4 cm³/mol. The Bertz CT molecular complexity index is 746. The molecule has 21 heavy (non-hydrogen) atoms. The van der Waals surface area contributed by atoms with Crippen LogP contribution < -0.4 is 4.74 Å². The standard InChI is InChI=1S/C17H14N2O2/c1-21-15-9-7-14(8-10-15)17(20)19-12-11-18-16(19)13-5-3-2-4-6-13/h2-12H,1H3. The van der Waals surface area contributed by atoms with Gasteiger partial charge in [-0.3, -0.25) is 9.36 Å². The topological polar surface area (TPSA) is 44.1 Å². The van der Waals surface area contributed by atoms with Crippen LogP contribution in [0.15, 0.2) is 67.0 Å². The van der Waals surface area contributed by atoms with Crippen molar-refractivity contribution >= 4 is 5.91 Å². The number of carbonyl (C=O) groups is 1. The molecule has 0 N–H and O–H groups in total. The highest BCUT2D eigenvalue weighted by Crippen LogP contribution is 2.19. The summed E-state index contributed by atoms with van der Waals surface area (Å²) in [5.74, 6) is 1.24. The minimum absolute atomic E-state index is 0.117. The van der Waals surface area contributed by atoms with Crippen molar-refractivity contribution in [2.45, 2.75) is 0 Å². The first-order valence-corrected chi connectivity index (χ1v) is 6.57. The summed E-state index contributed by atoms with van der Waals surface area (Å²) in [5, 5.41) is 0. The minimum atomic E-state index is -0.117. The zero-order valence-corrected chi connectivity index (χ0v) is 11.6. The van der Waals surface area contributed by atoms with Gasteiger partial charge in [-0.2, -0.15) is 0 Å². The first-order chi connectivity index (χ1) is 10.3. The van der Waals surface area contributed by atoms with Gasteiger partial charge in [0.15, 0.2) is 0 Å². The van der Waals surface area contributed by atoms with Crippen molar-refractivity contribution in [1.82, 2.24) is 9.55 Å². The second kappa shape index (κ2) is 5.63. The summed E-state index contributed by atoms with van der Waals surface area (Å²) in [6, 6.07) is 16.7. The largest absolute Gasteiger partial charge is 0.497 e. The highest BCUT2D eigenvalue weighted by atomic mass is 16.5. The molecule has 0 aliphatic heterocycles. The fourth-order valence-corrected chi connectivity index (χ4v) is 2.14. The Morgan fingerprint density at radius 1 is 1.05 bits per heavy atom. The summed E-state index contributed by atoms with van der Waals surface area (Å²) in [6.45, 7) is 0. The zero-order valence-electron chi connectivity index (χ0n) is 11.6. The molecular formula is C17H14N2O2. The Kier molecular flexibility index (Phi) is 3.51. The van der Waals surface area contributed by atoms with Crippen LogP contribution in [0.1, 0.15) is 10.4 Å². The summed E-state index contributed by atoms with van der Waals surface area (Å²) < 4.78 is 6.65. The maximum atomic E-state index is 12.6. The van der Waals surface area contributed by atoms with Crippen LogP contribution in [0.2, 0.25) is 0 Å². The number of hydrogen-bond acceptors (Lipinski definition) is 3. The Hall–Kier alpha value is -2.88. The molecule has 3 aromatic rings. The molecule has 1 heterocycles. The number of aromatic nitrogens is 2. The summed E-state index contributed by atoms with van der Waals surface area (Å²) in [4.78, 5) is 16.9. The van der Waals surface area contributed by atoms with Crippen molar-refractivity contribution in [3.05, 3.63) is 72.6 Å². The van der Waals surface area contributed by atoms with Crippen molar-refractivity contribution in [3.63, 3.8) is 0 Å². The van der Waals surface area contributed by atoms with Crippen LogP contribution in [0.3, 0.4) is 0 Å². The van der Waals surface area contributed by atoms with Gasteiger partial charge in [-0.15, -0.1) is 0 Å². The molecule has 0 amide bonds. The molecule has 4 nitrogen and oxygen atoms in total. The van der Waals surface area contributed by atoms with Crippen molar-refractivity contribution in [3.8, 4) is 17.1 Å². The average Bonchev–Trinajstić information content (AvgIpc) is 3.04. The number of ether oxygens (including phenoxy) is 1. The lowest BCUT2D eigenvalue weighted by atomic mass is 10.2. The molecule has 0 atom stereocenters. The van der Waals surface area contributed by atoms with Gasteiger partial charge in [-0.1, -0.05) is 30.3 Å². The van der Waals surface area contributed by atoms with Gasteiger partial charge >= 0.3 is 0 Å². The van der Waals surface area contributed by atoms with E-state index in [0.29, 0.717) is 11.4 Å². The normalized spacial score (nSPS) is 10.3. The highest BCUT2D eigenvalue weighted by Gasteiger charge is 2.14. The van der Waals surface area contributed by atoms with Crippen molar-refractivity contribution in [2.24, 2.45) is 0 Å². The van der Waals surface area contributed by atoms with Gasteiger partial charge in [0.25, 0.3) is 5.91 Å². The smallest absolute Gasteiger partial charge is 0.263 e. The molecule has 0 saturated carbocycles. The third-order valence-electron chi connectivity index (χ3n) is 3.23. The number of imidazole rings is 1. The first-order valence-electron chi connectivity index (χ1n) is 6.57. The zero-order chi connectivity index (χ0) is 14.7. The van der Waals surface area contributed by atoms with Gasteiger partial charge in [0.1, 0.15) is 11.6 Å². The lowest BCUT2D eigenvalue weighted by molar-refractivity contribution is 0.0961. The number of rotatable bonds is 3. The average molecular weight is 278 g/mol. The van der Waals surface area contributed by atoms with Crippen LogP contribution in [-0.2, 0) is 0 Å². The summed E-state index contributed by atoms with van der Waals surface area (Å²) in [7, 11) is 1.60. The molecule has 1 aromatic heterocycles. The Balaban J connectivity index is 1.97. The van der Waals surface area contributed by atoms with E-state index < -0.39 is 0 Å². The molecule has 3 rings (SSSR count). The van der Waals surface area contributed by atoms with E-state index in [1.807, 2.05) is 30.3 Å². The quantitative estimate of drug-likeness (QED) is 0.738. The molecule has 0 radical (unpaired) electrons. The molecule has 0 aliphatic carbocycles.